The lowest BCUT2D eigenvalue weighted by Crippen LogP contribution is -2.61. The monoisotopic (exact) mass is 1070 g/mol. The quantitative estimate of drug-likeness (QED) is 0.160. The number of hydrogen-bond donors (Lipinski definition) is 0. The van der Waals surface area contributed by atoms with Crippen molar-refractivity contribution >= 4 is 96.0 Å². The van der Waals surface area contributed by atoms with Gasteiger partial charge in [-0.3, -0.25) is 0 Å². The fourth-order valence-electron chi connectivity index (χ4n) is 15.0. The average Bonchev–Trinajstić information content (AvgIpc) is 1.12. The Labute approximate surface area is 488 Å². The Balaban J connectivity index is 1.12. The van der Waals surface area contributed by atoms with E-state index < -0.39 is 0 Å². The number of furan rings is 1. The Bertz CT molecular complexity index is 4210. The molecule has 1 aromatic heterocycles. The Morgan fingerprint density at radius 2 is 1.02 bits per heavy atom. The number of nitrogens with zero attached hydrogens (tertiary/aromatic N) is 3. The number of fused-ring (bicyclic) bond motifs is 12. The third kappa shape index (κ3) is 7.98. The molecule has 5 heteroatoms. The summed E-state index contributed by atoms with van der Waals surface area (Å²) in [5.74, 6) is 0. The van der Waals surface area contributed by atoms with E-state index in [4.69, 9.17) is 4.42 Å². The Kier molecular flexibility index (Phi) is 11.4. The molecule has 412 valence electrons. The van der Waals surface area contributed by atoms with E-state index in [1.165, 1.54) is 107 Å². The molecule has 0 amide bonds. The maximum atomic E-state index is 6.95. The zero-order chi connectivity index (χ0) is 57.4. The topological polar surface area (TPSA) is 22.9 Å². The predicted molar refractivity (Wildman–Crippen MR) is 352 cm³/mol. The van der Waals surface area contributed by atoms with E-state index in [9.17, 15) is 0 Å². The first-order valence-corrected chi connectivity index (χ1v) is 30.4. The molecule has 10 aromatic rings. The molecule has 0 atom stereocenters. The number of rotatable bonds is 5. The highest BCUT2D eigenvalue weighted by Crippen LogP contribution is 2.56. The van der Waals surface area contributed by atoms with Gasteiger partial charge in [-0.1, -0.05) is 188 Å². The van der Waals surface area contributed by atoms with E-state index in [0.29, 0.717) is 0 Å². The van der Waals surface area contributed by atoms with Crippen LogP contribution in [0.1, 0.15) is 162 Å². The minimum absolute atomic E-state index is 0.00495. The summed E-state index contributed by atoms with van der Waals surface area (Å²) in [5.41, 5.74) is 26.3. The van der Waals surface area contributed by atoms with Crippen molar-refractivity contribution < 1.29 is 4.42 Å². The molecule has 14 rings (SSSR count). The number of para-hydroxylation sites is 1. The zero-order valence-corrected chi connectivity index (χ0v) is 51.2. The van der Waals surface area contributed by atoms with Gasteiger partial charge in [-0.2, -0.15) is 0 Å². The molecule has 0 spiro atoms. The van der Waals surface area contributed by atoms with Gasteiger partial charge in [0.1, 0.15) is 11.2 Å². The summed E-state index contributed by atoms with van der Waals surface area (Å²) < 4.78 is 6.95. The van der Waals surface area contributed by atoms with Crippen LogP contribution in [-0.4, -0.2) is 6.85 Å². The highest BCUT2D eigenvalue weighted by Gasteiger charge is 2.49. The molecule has 9 aromatic carbocycles. The Hall–Kier alpha value is -7.50. The van der Waals surface area contributed by atoms with Crippen LogP contribution in [0.15, 0.2) is 168 Å². The van der Waals surface area contributed by atoms with Crippen molar-refractivity contribution in [3.8, 4) is 11.1 Å². The lowest BCUT2D eigenvalue weighted by Gasteiger charge is -2.48. The molecule has 0 unspecified atom stereocenters. The largest absolute Gasteiger partial charge is 0.456 e. The molecule has 0 N–H and O–H groups in total. The Morgan fingerprint density at radius 3 is 1.65 bits per heavy atom. The van der Waals surface area contributed by atoms with Crippen LogP contribution in [0.25, 0.3) is 43.8 Å². The van der Waals surface area contributed by atoms with Crippen LogP contribution in [0.3, 0.4) is 0 Å². The third-order valence-electron chi connectivity index (χ3n) is 20.2. The molecule has 3 heterocycles. The molecule has 2 aliphatic heterocycles. The fourth-order valence-corrected chi connectivity index (χ4v) is 15.0. The molecule has 4 nitrogen and oxygen atoms in total. The number of hydrogen-bond acceptors (Lipinski definition) is 4. The van der Waals surface area contributed by atoms with Gasteiger partial charge in [0.05, 0.1) is 11.1 Å². The van der Waals surface area contributed by atoms with Crippen LogP contribution in [0.5, 0.6) is 0 Å². The van der Waals surface area contributed by atoms with Gasteiger partial charge in [0.15, 0.2) is 0 Å². The normalized spacial score (nSPS) is 17.3. The lowest BCUT2D eigenvalue weighted by atomic mass is 9.43. The summed E-state index contributed by atoms with van der Waals surface area (Å²) in [4.78, 5) is 7.94. The van der Waals surface area contributed by atoms with Crippen molar-refractivity contribution in [2.45, 2.75) is 162 Å². The second-order valence-electron chi connectivity index (χ2n) is 29.6. The van der Waals surface area contributed by atoms with Crippen molar-refractivity contribution in [3.05, 3.63) is 203 Å². The maximum absolute atomic E-state index is 6.95. The van der Waals surface area contributed by atoms with Gasteiger partial charge in [-0.25, -0.2) is 0 Å². The second kappa shape index (κ2) is 17.8. The van der Waals surface area contributed by atoms with E-state index >= 15 is 0 Å². The van der Waals surface area contributed by atoms with Crippen molar-refractivity contribution in [3.63, 3.8) is 0 Å². The minimum atomic E-state index is -0.224. The SMILES string of the molecule is Cc1cc2c(cc1N1c3cc4ccccc4c4c3B(c3ccc5oc6ccccc6c5c31)N(c1ccc3c(c1)C(C)(C)CCC3(C)C)c1cc(N(c3ccc(C(C)(C)C)cc3)c3ccc(C(C)(C)C)cc3)ccc1-4)C(C)(C)CCC2(C)C. The molecule has 4 aliphatic rings. The van der Waals surface area contributed by atoms with E-state index in [2.05, 4.69) is 282 Å². The average molecular weight is 1070 g/mol. The number of aryl methyl sites for hydroxylation is 1. The van der Waals surface area contributed by atoms with Crippen molar-refractivity contribution in [1.82, 2.24) is 0 Å². The van der Waals surface area contributed by atoms with Crippen LogP contribution in [0.2, 0.25) is 0 Å². The molecule has 0 saturated heterocycles. The van der Waals surface area contributed by atoms with Gasteiger partial charge in [-0.15, -0.1) is 0 Å². The summed E-state index contributed by atoms with van der Waals surface area (Å²) >= 11 is 0. The van der Waals surface area contributed by atoms with E-state index in [-0.39, 0.29) is 39.3 Å². The van der Waals surface area contributed by atoms with Crippen molar-refractivity contribution in [2.75, 3.05) is 14.6 Å². The molecule has 0 radical (unpaired) electrons. The first kappa shape index (κ1) is 52.6. The first-order valence-electron chi connectivity index (χ1n) is 30.4. The van der Waals surface area contributed by atoms with Crippen molar-refractivity contribution in [2.24, 2.45) is 0 Å². The molecule has 0 saturated carbocycles. The summed E-state index contributed by atoms with van der Waals surface area (Å²) in [5, 5.41) is 4.78. The summed E-state index contributed by atoms with van der Waals surface area (Å²) in [6.45, 7) is 35.6. The summed E-state index contributed by atoms with van der Waals surface area (Å²) in [6, 6.07) is 63.8. The lowest BCUT2D eigenvalue weighted by molar-refractivity contribution is 0.332. The summed E-state index contributed by atoms with van der Waals surface area (Å²) in [7, 11) is 0. The number of anilines is 8. The van der Waals surface area contributed by atoms with Crippen LogP contribution < -0.4 is 25.5 Å². The van der Waals surface area contributed by atoms with Gasteiger partial charge in [0, 0.05) is 50.8 Å². The van der Waals surface area contributed by atoms with E-state index in [1.54, 1.807) is 0 Å². The van der Waals surface area contributed by atoms with Gasteiger partial charge in [0.25, 0.3) is 0 Å². The van der Waals surface area contributed by atoms with Gasteiger partial charge < -0.3 is 19.0 Å². The smallest absolute Gasteiger partial charge is 0.333 e. The number of benzene rings is 9. The standard InChI is InChI=1S/C77H80BN3O/c1-47-42-59-61(77(14,15)41-40-75(59,10)11)46-63(47)80-65-43-48-20-16-17-21-55(48)68-56-34-32-53(79(51-28-24-49(25-29-51)72(2,3)4)52-30-26-50(27-31-52)73(5,6)7)45-64(56)81(54-33-35-58-60(44-54)76(12,13)39-38-74(58,8)9)78(70(65)68)62-36-37-67-69(71(62)80)57-22-18-19-23-66(57)82-67/h16-37,42-46H,38-41H2,1-15H3. The zero-order valence-electron chi connectivity index (χ0n) is 51.2. The van der Waals surface area contributed by atoms with E-state index in [1.807, 2.05) is 0 Å². The molecule has 82 heavy (non-hydrogen) atoms. The molecule has 2 aliphatic carbocycles. The highest BCUT2D eigenvalue weighted by atomic mass is 16.3. The van der Waals surface area contributed by atoms with Crippen molar-refractivity contribution in [1.29, 1.82) is 0 Å². The molecule has 0 fully saturated rings. The first-order chi connectivity index (χ1) is 38.8. The van der Waals surface area contributed by atoms with Crippen LogP contribution >= 0.6 is 0 Å². The van der Waals surface area contributed by atoms with Gasteiger partial charge in [-0.05, 0) is 204 Å². The van der Waals surface area contributed by atoms with Gasteiger partial charge in [0.2, 0.25) is 0 Å². The van der Waals surface area contributed by atoms with E-state index in [0.717, 1.165) is 58.3 Å². The third-order valence-corrected chi connectivity index (χ3v) is 20.2. The van der Waals surface area contributed by atoms with Gasteiger partial charge >= 0.3 is 6.85 Å². The predicted octanol–water partition coefficient (Wildman–Crippen LogP) is 20.5. The molecule has 0 bridgehead atoms. The Morgan fingerprint density at radius 1 is 0.476 bits per heavy atom. The summed E-state index contributed by atoms with van der Waals surface area (Å²) in [6.07, 6.45) is 4.60. The van der Waals surface area contributed by atoms with Crippen LogP contribution in [0.4, 0.5) is 45.5 Å². The fraction of sp³-hybridized carbons (Fsp3) is 0.325. The van der Waals surface area contributed by atoms with Crippen LogP contribution in [-0.2, 0) is 32.5 Å². The van der Waals surface area contributed by atoms with Crippen LogP contribution in [0, 0.1) is 6.92 Å². The maximum Gasteiger partial charge on any atom is 0.333 e. The highest BCUT2D eigenvalue weighted by molar-refractivity contribution is 6.94. The second-order valence-corrected chi connectivity index (χ2v) is 29.6. The molecular formula is C77H80BN3O. The molecular weight excluding hydrogens is 994 g/mol. The minimum Gasteiger partial charge on any atom is -0.456 e.